The van der Waals surface area contributed by atoms with Crippen molar-refractivity contribution in [3.8, 4) is 0 Å². The van der Waals surface area contributed by atoms with E-state index in [1.807, 2.05) is 4.90 Å². The van der Waals surface area contributed by atoms with E-state index in [1.54, 1.807) is 21.3 Å². The Bertz CT molecular complexity index is 356. The number of piperidine rings is 1. The molecule has 0 N–H and O–H groups in total. The summed E-state index contributed by atoms with van der Waals surface area (Å²) in [7, 11) is 5.10. The molecule has 0 radical (unpaired) electrons. The minimum absolute atomic E-state index is 0.106. The summed E-state index contributed by atoms with van der Waals surface area (Å²) >= 11 is 0. The van der Waals surface area contributed by atoms with Crippen LogP contribution in [0.15, 0.2) is 0 Å². The van der Waals surface area contributed by atoms with Crippen molar-refractivity contribution < 1.29 is 19.0 Å². The largest absolute Gasteiger partial charge is 0.384 e. The molecule has 1 atom stereocenters. The number of nitrogens with zero attached hydrogens (tertiary/aromatic N) is 2. The molecule has 0 bridgehead atoms. The standard InChI is InChI=1S/C16H30N2O4/c1-20-9-8-17-10-14(11-21-2)16(13-17)4-6-18(7-5-16)15(19)12-22-3/h14H,4-13H2,1-3H3/t14-/m1/s1. The van der Waals surface area contributed by atoms with Crippen molar-refractivity contribution in [1.29, 1.82) is 0 Å². The molecular weight excluding hydrogens is 284 g/mol. The highest BCUT2D eigenvalue weighted by Gasteiger charge is 2.48. The van der Waals surface area contributed by atoms with Gasteiger partial charge in [0, 0.05) is 60.0 Å². The molecule has 1 spiro atoms. The number of hydrogen-bond acceptors (Lipinski definition) is 5. The molecule has 22 heavy (non-hydrogen) atoms. The van der Waals surface area contributed by atoms with Crippen molar-refractivity contribution in [3.63, 3.8) is 0 Å². The number of carbonyl (C=O) groups is 1. The zero-order valence-corrected chi connectivity index (χ0v) is 14.2. The Morgan fingerprint density at radius 2 is 1.86 bits per heavy atom. The van der Waals surface area contributed by atoms with Gasteiger partial charge in [0.05, 0.1) is 13.2 Å². The molecule has 2 aliphatic rings. The summed E-state index contributed by atoms with van der Waals surface area (Å²) in [5, 5.41) is 0. The summed E-state index contributed by atoms with van der Waals surface area (Å²) < 4.78 is 15.6. The minimum Gasteiger partial charge on any atom is -0.384 e. The van der Waals surface area contributed by atoms with Crippen molar-refractivity contribution in [2.45, 2.75) is 12.8 Å². The Morgan fingerprint density at radius 1 is 1.14 bits per heavy atom. The lowest BCUT2D eigenvalue weighted by molar-refractivity contribution is -0.138. The summed E-state index contributed by atoms with van der Waals surface area (Å²) in [5.74, 6) is 0.656. The molecule has 0 aromatic heterocycles. The maximum absolute atomic E-state index is 12.0. The number of ether oxygens (including phenoxy) is 3. The molecule has 0 unspecified atom stereocenters. The van der Waals surface area contributed by atoms with E-state index in [1.165, 1.54) is 0 Å². The third kappa shape index (κ3) is 3.98. The van der Waals surface area contributed by atoms with Crippen LogP contribution in [0.5, 0.6) is 0 Å². The second-order valence-electron chi connectivity index (χ2n) is 6.56. The lowest BCUT2D eigenvalue weighted by Gasteiger charge is -2.42. The molecule has 2 aliphatic heterocycles. The van der Waals surface area contributed by atoms with E-state index in [0.717, 1.165) is 58.8 Å². The first-order valence-electron chi connectivity index (χ1n) is 8.12. The van der Waals surface area contributed by atoms with Crippen LogP contribution in [-0.4, -0.2) is 89.6 Å². The van der Waals surface area contributed by atoms with Gasteiger partial charge in [0.15, 0.2) is 0 Å². The van der Waals surface area contributed by atoms with Gasteiger partial charge >= 0.3 is 0 Å². The van der Waals surface area contributed by atoms with E-state index in [-0.39, 0.29) is 17.9 Å². The van der Waals surface area contributed by atoms with Gasteiger partial charge < -0.3 is 24.0 Å². The van der Waals surface area contributed by atoms with Crippen molar-refractivity contribution >= 4 is 5.91 Å². The molecule has 0 aliphatic carbocycles. The van der Waals surface area contributed by atoms with Gasteiger partial charge in [0.1, 0.15) is 6.61 Å². The van der Waals surface area contributed by atoms with Gasteiger partial charge in [-0.25, -0.2) is 0 Å². The van der Waals surface area contributed by atoms with Crippen LogP contribution in [0.2, 0.25) is 0 Å². The molecule has 0 aromatic carbocycles. The predicted octanol–water partition coefficient (Wildman–Crippen LogP) is 0.466. The lowest BCUT2D eigenvalue weighted by Crippen LogP contribution is -2.48. The van der Waals surface area contributed by atoms with Crippen LogP contribution in [-0.2, 0) is 19.0 Å². The number of likely N-dealkylation sites (tertiary alicyclic amines) is 2. The summed E-state index contributed by atoms with van der Waals surface area (Å²) in [6, 6.07) is 0. The van der Waals surface area contributed by atoms with E-state index in [4.69, 9.17) is 14.2 Å². The molecule has 2 rings (SSSR count). The Balaban J connectivity index is 1.94. The second-order valence-corrected chi connectivity index (χ2v) is 6.56. The van der Waals surface area contributed by atoms with Crippen LogP contribution in [0.25, 0.3) is 0 Å². The minimum atomic E-state index is 0.106. The Hall–Kier alpha value is -0.690. The van der Waals surface area contributed by atoms with Crippen molar-refractivity contribution in [1.82, 2.24) is 9.80 Å². The van der Waals surface area contributed by atoms with Crippen molar-refractivity contribution in [2.24, 2.45) is 11.3 Å². The molecule has 0 saturated carbocycles. The number of carbonyl (C=O) groups excluding carboxylic acids is 1. The highest BCUT2D eigenvalue weighted by molar-refractivity contribution is 5.77. The fraction of sp³-hybridized carbons (Fsp3) is 0.938. The average molecular weight is 314 g/mol. The van der Waals surface area contributed by atoms with E-state index < -0.39 is 0 Å². The van der Waals surface area contributed by atoms with Gasteiger partial charge in [0.25, 0.3) is 0 Å². The van der Waals surface area contributed by atoms with E-state index in [9.17, 15) is 4.79 Å². The second kappa shape index (κ2) is 8.24. The Labute approximate surface area is 133 Å². The number of hydrogen-bond donors (Lipinski definition) is 0. The predicted molar refractivity (Wildman–Crippen MR) is 83.8 cm³/mol. The summed E-state index contributed by atoms with van der Waals surface area (Å²) in [5.41, 5.74) is 0.285. The molecule has 2 heterocycles. The first-order valence-corrected chi connectivity index (χ1v) is 8.12. The summed E-state index contributed by atoms with van der Waals surface area (Å²) in [4.78, 5) is 16.4. The summed E-state index contributed by atoms with van der Waals surface area (Å²) in [6.45, 7) is 6.57. The van der Waals surface area contributed by atoms with Gasteiger partial charge in [-0.05, 0) is 18.3 Å². The number of rotatable bonds is 7. The zero-order valence-electron chi connectivity index (χ0n) is 14.2. The van der Waals surface area contributed by atoms with Gasteiger partial charge in [-0.3, -0.25) is 4.79 Å². The highest BCUT2D eigenvalue weighted by atomic mass is 16.5. The normalized spacial score (nSPS) is 25.0. The smallest absolute Gasteiger partial charge is 0.248 e. The first kappa shape index (κ1) is 17.7. The quantitative estimate of drug-likeness (QED) is 0.683. The fourth-order valence-electron chi connectivity index (χ4n) is 3.95. The number of methoxy groups -OCH3 is 3. The van der Waals surface area contributed by atoms with E-state index in [2.05, 4.69) is 4.90 Å². The monoisotopic (exact) mass is 314 g/mol. The molecule has 0 aromatic rings. The van der Waals surface area contributed by atoms with Crippen LogP contribution in [0.3, 0.4) is 0 Å². The maximum Gasteiger partial charge on any atom is 0.248 e. The molecule has 128 valence electrons. The molecule has 6 nitrogen and oxygen atoms in total. The molecule has 6 heteroatoms. The third-order valence-corrected chi connectivity index (χ3v) is 5.24. The summed E-state index contributed by atoms with van der Waals surface area (Å²) in [6.07, 6.45) is 2.11. The highest BCUT2D eigenvalue weighted by Crippen LogP contribution is 2.44. The van der Waals surface area contributed by atoms with Crippen LogP contribution in [0.4, 0.5) is 0 Å². The molecule has 2 saturated heterocycles. The average Bonchev–Trinajstić information content (AvgIpc) is 2.84. The molecule has 2 fully saturated rings. The van der Waals surface area contributed by atoms with Crippen molar-refractivity contribution in [3.05, 3.63) is 0 Å². The molecule has 1 amide bonds. The van der Waals surface area contributed by atoms with E-state index >= 15 is 0 Å². The Morgan fingerprint density at radius 3 is 2.45 bits per heavy atom. The zero-order chi connectivity index (χ0) is 16.0. The SMILES string of the molecule is COCCN1C[C@H](COC)C2(CCN(C(=O)COC)CC2)C1. The van der Waals surface area contributed by atoms with Crippen LogP contribution in [0, 0.1) is 11.3 Å². The number of amides is 1. The van der Waals surface area contributed by atoms with E-state index in [0.29, 0.717) is 5.92 Å². The van der Waals surface area contributed by atoms with Crippen LogP contribution >= 0.6 is 0 Å². The van der Waals surface area contributed by atoms with Crippen LogP contribution in [0.1, 0.15) is 12.8 Å². The molecular formula is C16H30N2O4. The van der Waals surface area contributed by atoms with Crippen LogP contribution < -0.4 is 0 Å². The fourth-order valence-corrected chi connectivity index (χ4v) is 3.95. The van der Waals surface area contributed by atoms with Gasteiger partial charge in [-0.15, -0.1) is 0 Å². The van der Waals surface area contributed by atoms with Gasteiger partial charge in [-0.2, -0.15) is 0 Å². The van der Waals surface area contributed by atoms with Gasteiger partial charge in [0.2, 0.25) is 5.91 Å². The van der Waals surface area contributed by atoms with Gasteiger partial charge in [-0.1, -0.05) is 0 Å². The topological polar surface area (TPSA) is 51.2 Å². The maximum atomic E-state index is 12.0. The van der Waals surface area contributed by atoms with Crippen molar-refractivity contribution in [2.75, 3.05) is 73.9 Å². The third-order valence-electron chi connectivity index (χ3n) is 5.24. The Kier molecular flexibility index (Phi) is 6.62. The first-order chi connectivity index (χ1) is 10.6. The lowest BCUT2D eigenvalue weighted by atomic mass is 9.71.